The molecule has 0 saturated heterocycles. The molecule has 0 heterocycles. The van der Waals surface area contributed by atoms with E-state index in [2.05, 4.69) is 0 Å². The maximum absolute atomic E-state index is 13.8. The van der Waals surface area contributed by atoms with Gasteiger partial charge in [-0.15, -0.1) is 0 Å². The van der Waals surface area contributed by atoms with Gasteiger partial charge in [-0.25, -0.2) is 9.18 Å². The molecule has 0 bridgehead atoms. The fourth-order valence-electron chi connectivity index (χ4n) is 1.41. The van der Waals surface area contributed by atoms with E-state index in [-0.39, 0.29) is 11.0 Å². The second-order valence-corrected chi connectivity index (χ2v) is 5.14. The van der Waals surface area contributed by atoms with Gasteiger partial charge in [-0.1, -0.05) is 45.0 Å². The lowest BCUT2D eigenvalue weighted by Crippen LogP contribution is -2.27. The van der Waals surface area contributed by atoms with Crippen LogP contribution in [-0.2, 0) is 15.9 Å². The van der Waals surface area contributed by atoms with Gasteiger partial charge in [0.2, 0.25) is 5.67 Å². The van der Waals surface area contributed by atoms with E-state index in [4.69, 9.17) is 5.11 Å². The number of aliphatic carboxylic acids is 1. The molecule has 1 rings (SSSR count). The van der Waals surface area contributed by atoms with E-state index >= 15 is 0 Å². The SMILES string of the molecule is CC(C)(C)c1ccc([C@@](C)(F)C(=O)O)cc1. The molecule has 0 unspecified atom stereocenters. The molecule has 0 radical (unpaired) electrons. The predicted octanol–water partition coefficient (Wildman–Crippen LogP) is 3.25. The highest BCUT2D eigenvalue weighted by atomic mass is 19.1. The van der Waals surface area contributed by atoms with Crippen molar-refractivity contribution in [3.05, 3.63) is 35.4 Å². The molecule has 0 saturated carbocycles. The van der Waals surface area contributed by atoms with Gasteiger partial charge >= 0.3 is 5.97 Å². The largest absolute Gasteiger partial charge is 0.479 e. The molecule has 0 aliphatic rings. The van der Waals surface area contributed by atoms with E-state index in [1.165, 1.54) is 12.1 Å². The minimum absolute atomic E-state index is 0.0194. The van der Waals surface area contributed by atoms with Crippen LogP contribution in [0.15, 0.2) is 24.3 Å². The monoisotopic (exact) mass is 224 g/mol. The summed E-state index contributed by atoms with van der Waals surface area (Å²) in [6.07, 6.45) is 0. The van der Waals surface area contributed by atoms with Gasteiger partial charge in [-0.3, -0.25) is 0 Å². The van der Waals surface area contributed by atoms with Crippen molar-refractivity contribution in [1.29, 1.82) is 0 Å². The first kappa shape index (κ1) is 12.7. The molecule has 1 atom stereocenters. The molecule has 0 spiro atoms. The summed E-state index contributed by atoms with van der Waals surface area (Å²) >= 11 is 0. The van der Waals surface area contributed by atoms with Crippen LogP contribution in [0.4, 0.5) is 4.39 Å². The molecular weight excluding hydrogens is 207 g/mol. The summed E-state index contributed by atoms with van der Waals surface area (Å²) in [5, 5.41) is 8.75. The maximum Gasteiger partial charge on any atom is 0.345 e. The fraction of sp³-hybridized carbons (Fsp3) is 0.462. The Morgan fingerprint density at radius 3 is 1.75 bits per heavy atom. The number of alkyl halides is 1. The van der Waals surface area contributed by atoms with Gasteiger partial charge in [0.15, 0.2) is 0 Å². The van der Waals surface area contributed by atoms with Gasteiger partial charge in [0.1, 0.15) is 0 Å². The van der Waals surface area contributed by atoms with Crippen LogP contribution in [0.3, 0.4) is 0 Å². The number of halogens is 1. The van der Waals surface area contributed by atoms with Crippen LogP contribution in [0, 0.1) is 0 Å². The van der Waals surface area contributed by atoms with Gasteiger partial charge in [-0.2, -0.15) is 0 Å². The third kappa shape index (κ3) is 2.40. The molecule has 16 heavy (non-hydrogen) atoms. The Kier molecular flexibility index (Phi) is 3.08. The topological polar surface area (TPSA) is 37.3 Å². The van der Waals surface area contributed by atoms with Crippen LogP contribution in [0.2, 0.25) is 0 Å². The summed E-state index contributed by atoms with van der Waals surface area (Å²) in [5.74, 6) is -1.46. The highest BCUT2D eigenvalue weighted by Gasteiger charge is 2.35. The first-order chi connectivity index (χ1) is 7.15. The van der Waals surface area contributed by atoms with Gasteiger partial charge in [0.25, 0.3) is 0 Å². The van der Waals surface area contributed by atoms with Gasteiger partial charge in [-0.05, 0) is 17.9 Å². The Morgan fingerprint density at radius 1 is 1.06 bits per heavy atom. The summed E-state index contributed by atoms with van der Waals surface area (Å²) in [6, 6.07) is 6.62. The van der Waals surface area contributed by atoms with Crippen LogP contribution in [0.1, 0.15) is 38.8 Å². The minimum atomic E-state index is -2.32. The Morgan fingerprint density at radius 2 is 1.44 bits per heavy atom. The van der Waals surface area contributed by atoms with Crippen molar-refractivity contribution in [2.24, 2.45) is 0 Å². The lowest BCUT2D eigenvalue weighted by atomic mass is 9.85. The van der Waals surface area contributed by atoms with E-state index in [0.29, 0.717) is 0 Å². The Hall–Kier alpha value is -1.38. The van der Waals surface area contributed by atoms with Gasteiger partial charge < -0.3 is 5.11 Å². The molecular formula is C13H17FO2. The summed E-state index contributed by atoms with van der Waals surface area (Å²) in [6.45, 7) is 7.21. The quantitative estimate of drug-likeness (QED) is 0.837. The first-order valence-electron chi connectivity index (χ1n) is 5.19. The number of carbonyl (C=O) groups is 1. The molecule has 88 valence electrons. The first-order valence-corrected chi connectivity index (χ1v) is 5.19. The maximum atomic E-state index is 13.8. The van der Waals surface area contributed by atoms with Crippen molar-refractivity contribution in [3.8, 4) is 0 Å². The van der Waals surface area contributed by atoms with Crippen molar-refractivity contribution in [2.75, 3.05) is 0 Å². The molecule has 1 aromatic rings. The van der Waals surface area contributed by atoms with E-state index in [9.17, 15) is 9.18 Å². The molecule has 1 aromatic carbocycles. The zero-order valence-electron chi connectivity index (χ0n) is 10.0. The average Bonchev–Trinajstić information content (AvgIpc) is 2.16. The Labute approximate surface area is 95.1 Å². The van der Waals surface area contributed by atoms with E-state index in [1.807, 2.05) is 20.8 Å². The van der Waals surface area contributed by atoms with Crippen molar-refractivity contribution >= 4 is 5.97 Å². The molecule has 0 aliphatic heterocycles. The van der Waals surface area contributed by atoms with Crippen molar-refractivity contribution in [2.45, 2.75) is 38.8 Å². The molecule has 1 N–H and O–H groups in total. The third-order valence-electron chi connectivity index (χ3n) is 2.69. The highest BCUT2D eigenvalue weighted by Crippen LogP contribution is 2.29. The highest BCUT2D eigenvalue weighted by molar-refractivity contribution is 5.78. The lowest BCUT2D eigenvalue weighted by molar-refractivity contribution is -0.150. The van der Waals surface area contributed by atoms with Crippen LogP contribution < -0.4 is 0 Å². The zero-order chi connectivity index (χ0) is 12.6. The Balaban J connectivity index is 3.09. The Bertz CT molecular complexity index is 385. The summed E-state index contributed by atoms with van der Waals surface area (Å²) in [5.41, 5.74) is -1.12. The number of hydrogen-bond donors (Lipinski definition) is 1. The molecule has 3 heteroatoms. The third-order valence-corrected chi connectivity index (χ3v) is 2.69. The fourth-order valence-corrected chi connectivity index (χ4v) is 1.41. The molecule has 2 nitrogen and oxygen atoms in total. The van der Waals surface area contributed by atoms with Crippen LogP contribution in [0.5, 0.6) is 0 Å². The predicted molar refractivity (Wildman–Crippen MR) is 61.2 cm³/mol. The van der Waals surface area contributed by atoms with E-state index < -0.39 is 11.6 Å². The molecule has 0 aliphatic carbocycles. The molecule has 0 fully saturated rings. The van der Waals surface area contributed by atoms with Crippen molar-refractivity contribution < 1.29 is 14.3 Å². The summed E-state index contributed by atoms with van der Waals surface area (Å²) < 4.78 is 13.8. The average molecular weight is 224 g/mol. The smallest absolute Gasteiger partial charge is 0.345 e. The number of carboxylic acids is 1. The zero-order valence-corrected chi connectivity index (χ0v) is 10.0. The number of hydrogen-bond acceptors (Lipinski definition) is 1. The van der Waals surface area contributed by atoms with Crippen LogP contribution in [-0.4, -0.2) is 11.1 Å². The van der Waals surface area contributed by atoms with Crippen molar-refractivity contribution in [1.82, 2.24) is 0 Å². The normalized spacial score (nSPS) is 15.6. The molecule has 0 amide bonds. The van der Waals surface area contributed by atoms with Gasteiger partial charge in [0, 0.05) is 5.56 Å². The van der Waals surface area contributed by atoms with E-state index in [1.54, 1.807) is 12.1 Å². The van der Waals surface area contributed by atoms with Crippen LogP contribution >= 0.6 is 0 Å². The van der Waals surface area contributed by atoms with Crippen LogP contribution in [0.25, 0.3) is 0 Å². The van der Waals surface area contributed by atoms with Crippen molar-refractivity contribution in [3.63, 3.8) is 0 Å². The lowest BCUT2D eigenvalue weighted by Gasteiger charge is -2.21. The minimum Gasteiger partial charge on any atom is -0.479 e. The second-order valence-electron chi connectivity index (χ2n) is 5.14. The van der Waals surface area contributed by atoms with E-state index in [0.717, 1.165) is 12.5 Å². The molecule has 0 aromatic heterocycles. The number of rotatable bonds is 2. The number of benzene rings is 1. The van der Waals surface area contributed by atoms with Gasteiger partial charge in [0.05, 0.1) is 0 Å². The summed E-state index contributed by atoms with van der Waals surface area (Å²) in [4.78, 5) is 10.7. The summed E-state index contributed by atoms with van der Waals surface area (Å²) in [7, 11) is 0. The standard InChI is InChI=1S/C13H17FO2/c1-12(2,3)9-5-7-10(8-6-9)13(4,14)11(15)16/h5-8H,1-4H3,(H,15,16)/t13-/m1/s1. The second kappa shape index (κ2) is 3.89. The number of carboxylic acid groups (broad SMARTS) is 1.